The first-order valence-corrected chi connectivity index (χ1v) is 5.75. The second kappa shape index (κ2) is 4.67. The Hall–Kier alpha value is -1.02. The maximum atomic E-state index is 5.72. The highest BCUT2D eigenvalue weighted by molar-refractivity contribution is 5.27. The summed E-state index contributed by atoms with van der Waals surface area (Å²) in [7, 11) is 0. The van der Waals surface area contributed by atoms with Crippen molar-refractivity contribution in [3.63, 3.8) is 0 Å². The van der Waals surface area contributed by atoms with Crippen molar-refractivity contribution >= 4 is 0 Å². The minimum absolute atomic E-state index is 0.285. The fraction of sp³-hybridized carbons (Fsp3) is 0.538. The molecule has 1 aliphatic carbocycles. The first-order valence-electron chi connectivity index (χ1n) is 5.75. The molecule has 0 amide bonds. The highest BCUT2D eigenvalue weighted by atomic mass is 16.5. The van der Waals surface area contributed by atoms with Gasteiger partial charge in [0.15, 0.2) is 0 Å². The molecule has 2 heteroatoms. The Labute approximate surface area is 91.4 Å². The molecule has 2 N–H and O–H groups in total. The van der Waals surface area contributed by atoms with Gasteiger partial charge < -0.3 is 10.5 Å². The Morgan fingerprint density at radius 1 is 1.33 bits per heavy atom. The molecule has 1 saturated carbocycles. The molecule has 0 spiro atoms. The van der Waals surface area contributed by atoms with Crippen LogP contribution in [0.2, 0.25) is 0 Å². The van der Waals surface area contributed by atoms with Crippen molar-refractivity contribution in [3.8, 4) is 5.75 Å². The average Bonchev–Trinajstić information content (AvgIpc) is 3.01. The van der Waals surface area contributed by atoms with Gasteiger partial charge in [-0.05, 0) is 50.3 Å². The number of rotatable bonds is 5. The van der Waals surface area contributed by atoms with Gasteiger partial charge in [0.1, 0.15) is 5.75 Å². The lowest BCUT2D eigenvalue weighted by molar-refractivity contribution is 0.303. The van der Waals surface area contributed by atoms with Gasteiger partial charge >= 0.3 is 0 Å². The van der Waals surface area contributed by atoms with Gasteiger partial charge in [-0.3, -0.25) is 0 Å². The van der Waals surface area contributed by atoms with Gasteiger partial charge in [0, 0.05) is 6.04 Å². The molecule has 82 valence electrons. The van der Waals surface area contributed by atoms with E-state index in [0.717, 1.165) is 18.6 Å². The molecule has 1 fully saturated rings. The quantitative estimate of drug-likeness (QED) is 0.801. The summed E-state index contributed by atoms with van der Waals surface area (Å²) in [4.78, 5) is 0. The van der Waals surface area contributed by atoms with Crippen LogP contribution in [0.4, 0.5) is 0 Å². The second-order valence-corrected chi connectivity index (χ2v) is 4.48. The number of benzene rings is 1. The van der Waals surface area contributed by atoms with E-state index >= 15 is 0 Å². The Morgan fingerprint density at radius 3 is 2.53 bits per heavy atom. The van der Waals surface area contributed by atoms with E-state index in [-0.39, 0.29) is 6.04 Å². The Kier molecular flexibility index (Phi) is 3.27. The van der Waals surface area contributed by atoms with Crippen LogP contribution in [0.5, 0.6) is 5.75 Å². The van der Waals surface area contributed by atoms with E-state index in [0.29, 0.717) is 6.10 Å². The third-order valence-electron chi connectivity index (χ3n) is 2.64. The lowest BCUT2D eigenvalue weighted by atomic mass is 10.1. The Bertz CT molecular complexity index is 301. The maximum absolute atomic E-state index is 5.72. The number of ether oxygens (including phenoxy) is 1. The molecule has 1 aromatic rings. The number of hydrogen-bond acceptors (Lipinski definition) is 2. The topological polar surface area (TPSA) is 35.2 Å². The van der Waals surface area contributed by atoms with Crippen LogP contribution in [0.25, 0.3) is 0 Å². The summed E-state index contributed by atoms with van der Waals surface area (Å²) in [6.07, 6.45) is 5.02. The summed E-state index contributed by atoms with van der Waals surface area (Å²) in [5.41, 5.74) is 7.06. The van der Waals surface area contributed by atoms with Crippen molar-refractivity contribution < 1.29 is 4.74 Å². The van der Waals surface area contributed by atoms with Crippen LogP contribution >= 0.6 is 0 Å². The number of aryl methyl sites for hydroxylation is 1. The van der Waals surface area contributed by atoms with Crippen LogP contribution in [-0.4, -0.2) is 12.1 Å². The minimum atomic E-state index is 0.285. The lowest BCUT2D eigenvalue weighted by Crippen LogP contribution is -2.15. The standard InChI is InChI=1S/C13H19NO/c1-10(14)2-3-11-4-6-12(7-5-11)15-13-8-9-13/h4-7,10,13H,2-3,8-9,14H2,1H3. The largest absolute Gasteiger partial charge is 0.490 e. The molecule has 0 aromatic heterocycles. The molecular weight excluding hydrogens is 186 g/mol. The predicted molar refractivity (Wildman–Crippen MR) is 62.1 cm³/mol. The summed E-state index contributed by atoms with van der Waals surface area (Å²) < 4.78 is 5.68. The van der Waals surface area contributed by atoms with Crippen LogP contribution in [0.3, 0.4) is 0 Å². The summed E-state index contributed by atoms with van der Waals surface area (Å²) >= 11 is 0. The fourth-order valence-electron chi connectivity index (χ4n) is 1.51. The van der Waals surface area contributed by atoms with E-state index in [4.69, 9.17) is 10.5 Å². The maximum Gasteiger partial charge on any atom is 0.119 e. The molecule has 0 bridgehead atoms. The molecule has 0 radical (unpaired) electrons. The van der Waals surface area contributed by atoms with E-state index in [1.807, 2.05) is 6.92 Å². The van der Waals surface area contributed by atoms with Crippen LogP contribution in [0, 0.1) is 0 Å². The van der Waals surface area contributed by atoms with Gasteiger partial charge in [0.05, 0.1) is 6.10 Å². The first kappa shape index (κ1) is 10.5. The van der Waals surface area contributed by atoms with Gasteiger partial charge in [-0.15, -0.1) is 0 Å². The summed E-state index contributed by atoms with van der Waals surface area (Å²) in [6, 6.07) is 8.69. The number of nitrogens with two attached hydrogens (primary N) is 1. The van der Waals surface area contributed by atoms with E-state index < -0.39 is 0 Å². The Morgan fingerprint density at radius 2 is 2.00 bits per heavy atom. The summed E-state index contributed by atoms with van der Waals surface area (Å²) in [5.74, 6) is 1.00. The fourth-order valence-corrected chi connectivity index (χ4v) is 1.51. The zero-order valence-corrected chi connectivity index (χ0v) is 9.28. The zero-order valence-electron chi connectivity index (χ0n) is 9.28. The van der Waals surface area contributed by atoms with Crippen molar-refractivity contribution in [2.24, 2.45) is 5.73 Å². The lowest BCUT2D eigenvalue weighted by Gasteiger charge is -2.07. The van der Waals surface area contributed by atoms with Gasteiger partial charge in [-0.25, -0.2) is 0 Å². The molecule has 0 saturated heterocycles. The highest BCUT2D eigenvalue weighted by Crippen LogP contribution is 2.26. The van der Waals surface area contributed by atoms with Crippen LogP contribution < -0.4 is 10.5 Å². The molecule has 0 aliphatic heterocycles. The van der Waals surface area contributed by atoms with Crippen molar-refractivity contribution in [1.29, 1.82) is 0 Å². The molecule has 1 unspecified atom stereocenters. The first-order chi connectivity index (χ1) is 7.24. The van der Waals surface area contributed by atoms with Crippen molar-refractivity contribution in [2.75, 3.05) is 0 Å². The third-order valence-corrected chi connectivity index (χ3v) is 2.64. The normalized spacial score (nSPS) is 17.5. The summed E-state index contributed by atoms with van der Waals surface area (Å²) in [5, 5.41) is 0. The molecular formula is C13H19NO. The number of hydrogen-bond donors (Lipinski definition) is 1. The van der Waals surface area contributed by atoms with E-state index in [1.54, 1.807) is 0 Å². The molecule has 1 aromatic carbocycles. The molecule has 15 heavy (non-hydrogen) atoms. The van der Waals surface area contributed by atoms with Gasteiger partial charge in [-0.1, -0.05) is 12.1 Å². The Balaban J connectivity index is 1.85. The monoisotopic (exact) mass is 205 g/mol. The average molecular weight is 205 g/mol. The molecule has 2 rings (SSSR count). The third kappa shape index (κ3) is 3.56. The van der Waals surface area contributed by atoms with Crippen molar-refractivity contribution in [1.82, 2.24) is 0 Å². The molecule has 2 nitrogen and oxygen atoms in total. The van der Waals surface area contributed by atoms with Crippen LogP contribution in [0.1, 0.15) is 31.7 Å². The highest BCUT2D eigenvalue weighted by Gasteiger charge is 2.23. The van der Waals surface area contributed by atoms with Gasteiger partial charge in [0.2, 0.25) is 0 Å². The molecule has 1 aliphatic rings. The minimum Gasteiger partial charge on any atom is -0.490 e. The van der Waals surface area contributed by atoms with Gasteiger partial charge in [0.25, 0.3) is 0 Å². The van der Waals surface area contributed by atoms with Gasteiger partial charge in [-0.2, -0.15) is 0 Å². The molecule has 0 heterocycles. The van der Waals surface area contributed by atoms with Crippen molar-refractivity contribution in [2.45, 2.75) is 44.8 Å². The molecule has 1 atom stereocenters. The predicted octanol–water partition coefficient (Wildman–Crippen LogP) is 2.51. The van der Waals surface area contributed by atoms with E-state index in [9.17, 15) is 0 Å². The van der Waals surface area contributed by atoms with Crippen LogP contribution in [0.15, 0.2) is 24.3 Å². The van der Waals surface area contributed by atoms with E-state index in [2.05, 4.69) is 24.3 Å². The van der Waals surface area contributed by atoms with Crippen LogP contribution in [-0.2, 0) is 6.42 Å². The zero-order chi connectivity index (χ0) is 10.7. The van der Waals surface area contributed by atoms with E-state index in [1.165, 1.54) is 18.4 Å². The SMILES string of the molecule is CC(N)CCc1ccc(OC2CC2)cc1. The van der Waals surface area contributed by atoms with Crippen molar-refractivity contribution in [3.05, 3.63) is 29.8 Å². The second-order valence-electron chi connectivity index (χ2n) is 4.48. The summed E-state index contributed by atoms with van der Waals surface area (Å²) in [6.45, 7) is 2.05. The smallest absolute Gasteiger partial charge is 0.119 e.